The van der Waals surface area contributed by atoms with Crippen molar-refractivity contribution in [3.63, 3.8) is 0 Å². The Morgan fingerprint density at radius 2 is 2.06 bits per heavy atom. The van der Waals surface area contributed by atoms with E-state index in [9.17, 15) is 0 Å². The molecule has 0 saturated heterocycles. The van der Waals surface area contributed by atoms with Crippen LogP contribution in [0.15, 0.2) is 24.3 Å². The molecule has 2 heteroatoms. The van der Waals surface area contributed by atoms with Gasteiger partial charge in [-0.3, -0.25) is 0 Å². The maximum absolute atomic E-state index is 6.23. The molecule has 0 amide bonds. The number of nitrogens with two attached hydrogens (primary N) is 1. The van der Waals surface area contributed by atoms with Crippen LogP contribution < -0.4 is 5.73 Å². The molecule has 96 valence electrons. The molecule has 0 spiro atoms. The fourth-order valence-electron chi connectivity index (χ4n) is 2.06. The summed E-state index contributed by atoms with van der Waals surface area (Å²) in [5.74, 6) is 0. The second-order valence-electron chi connectivity index (χ2n) is 4.99. The molecule has 1 rings (SSSR count). The van der Waals surface area contributed by atoms with E-state index in [2.05, 4.69) is 50.1 Å². The molecule has 2 N–H and O–H groups in total. The van der Waals surface area contributed by atoms with Crippen LogP contribution in [0.5, 0.6) is 0 Å². The first-order valence-corrected chi connectivity index (χ1v) is 6.64. The van der Waals surface area contributed by atoms with E-state index in [0.29, 0.717) is 0 Å². The highest BCUT2D eigenvalue weighted by molar-refractivity contribution is 5.24. The largest absolute Gasteiger partial charge is 0.323 e. The summed E-state index contributed by atoms with van der Waals surface area (Å²) in [6.07, 6.45) is 3.86. The number of benzene rings is 1. The predicted molar refractivity (Wildman–Crippen MR) is 75.1 cm³/mol. The summed E-state index contributed by atoms with van der Waals surface area (Å²) >= 11 is 0. The molecule has 2 nitrogen and oxygen atoms in total. The minimum absolute atomic E-state index is 0.126. The number of hydrogen-bond acceptors (Lipinski definition) is 2. The van der Waals surface area contributed by atoms with Crippen molar-refractivity contribution in [1.29, 1.82) is 0 Å². The van der Waals surface area contributed by atoms with Gasteiger partial charge in [0.15, 0.2) is 0 Å². The first kappa shape index (κ1) is 14.2. The standard InChI is InChI=1S/C15H26N2/c1-4-5-6-10-17(3)12-15(16)14-9-7-8-13(2)11-14/h7-9,11,15H,4-6,10,12,16H2,1-3H3. The summed E-state index contributed by atoms with van der Waals surface area (Å²) in [5, 5.41) is 0. The van der Waals surface area contributed by atoms with Gasteiger partial charge in [-0.15, -0.1) is 0 Å². The van der Waals surface area contributed by atoms with E-state index in [4.69, 9.17) is 5.73 Å². The summed E-state index contributed by atoms with van der Waals surface area (Å²) in [6.45, 7) is 6.43. The van der Waals surface area contributed by atoms with Gasteiger partial charge in [-0.05, 0) is 32.5 Å². The van der Waals surface area contributed by atoms with Gasteiger partial charge in [0.2, 0.25) is 0 Å². The van der Waals surface area contributed by atoms with Crippen molar-refractivity contribution in [3.8, 4) is 0 Å². The fourth-order valence-corrected chi connectivity index (χ4v) is 2.06. The Kier molecular flexibility index (Phi) is 6.23. The van der Waals surface area contributed by atoms with Crippen molar-refractivity contribution in [2.24, 2.45) is 5.73 Å². The van der Waals surface area contributed by atoms with Crippen LogP contribution in [0.1, 0.15) is 43.4 Å². The van der Waals surface area contributed by atoms with Gasteiger partial charge < -0.3 is 10.6 Å². The second-order valence-corrected chi connectivity index (χ2v) is 4.99. The monoisotopic (exact) mass is 234 g/mol. The molecule has 0 fully saturated rings. The lowest BCUT2D eigenvalue weighted by atomic mass is 10.0. The van der Waals surface area contributed by atoms with Crippen molar-refractivity contribution in [3.05, 3.63) is 35.4 Å². The van der Waals surface area contributed by atoms with Gasteiger partial charge in [0, 0.05) is 12.6 Å². The zero-order valence-corrected chi connectivity index (χ0v) is 11.4. The molecule has 0 aliphatic heterocycles. The van der Waals surface area contributed by atoms with E-state index in [1.807, 2.05) is 0 Å². The molecule has 1 atom stereocenters. The van der Waals surface area contributed by atoms with E-state index in [0.717, 1.165) is 13.1 Å². The summed E-state index contributed by atoms with van der Waals surface area (Å²) in [7, 11) is 2.16. The Bertz CT molecular complexity index is 322. The molecule has 0 aliphatic rings. The average molecular weight is 234 g/mol. The molecule has 0 heterocycles. The number of unbranched alkanes of at least 4 members (excludes halogenated alkanes) is 2. The molecule has 17 heavy (non-hydrogen) atoms. The van der Waals surface area contributed by atoms with Gasteiger partial charge >= 0.3 is 0 Å². The zero-order valence-electron chi connectivity index (χ0n) is 11.4. The SMILES string of the molecule is CCCCCN(C)CC(N)c1cccc(C)c1. The first-order chi connectivity index (χ1) is 8.13. The second kappa shape index (κ2) is 7.46. The molecular weight excluding hydrogens is 208 g/mol. The quantitative estimate of drug-likeness (QED) is 0.734. The van der Waals surface area contributed by atoms with E-state index in [1.54, 1.807) is 0 Å². The molecular formula is C15H26N2. The predicted octanol–water partition coefficient (Wildman–Crippen LogP) is 3.12. The number of likely N-dealkylation sites (N-methyl/N-ethyl adjacent to an activating group) is 1. The molecule has 0 saturated carbocycles. The maximum atomic E-state index is 6.23. The third-order valence-corrected chi connectivity index (χ3v) is 3.12. The normalized spacial score (nSPS) is 13.0. The van der Waals surface area contributed by atoms with Crippen molar-refractivity contribution >= 4 is 0 Å². The van der Waals surface area contributed by atoms with Crippen LogP contribution in [0.25, 0.3) is 0 Å². The topological polar surface area (TPSA) is 29.3 Å². The van der Waals surface area contributed by atoms with Gasteiger partial charge in [0.25, 0.3) is 0 Å². The molecule has 1 aromatic rings. The van der Waals surface area contributed by atoms with Gasteiger partial charge in [-0.25, -0.2) is 0 Å². The number of hydrogen-bond donors (Lipinski definition) is 1. The van der Waals surface area contributed by atoms with Crippen molar-refractivity contribution < 1.29 is 0 Å². The number of nitrogens with zero attached hydrogens (tertiary/aromatic N) is 1. The molecule has 0 aliphatic carbocycles. The smallest absolute Gasteiger partial charge is 0.0424 e. The number of rotatable bonds is 7. The average Bonchev–Trinajstić information content (AvgIpc) is 2.29. The lowest BCUT2D eigenvalue weighted by molar-refractivity contribution is 0.305. The highest BCUT2D eigenvalue weighted by Gasteiger charge is 2.08. The van der Waals surface area contributed by atoms with Crippen molar-refractivity contribution in [2.75, 3.05) is 20.1 Å². The van der Waals surface area contributed by atoms with Crippen molar-refractivity contribution in [1.82, 2.24) is 4.90 Å². The van der Waals surface area contributed by atoms with Gasteiger partial charge in [0.1, 0.15) is 0 Å². The van der Waals surface area contributed by atoms with Crippen LogP contribution in [-0.4, -0.2) is 25.0 Å². The Labute approximate surface area is 106 Å². The summed E-state index contributed by atoms with van der Waals surface area (Å²) in [4.78, 5) is 2.34. The number of aryl methyl sites for hydroxylation is 1. The minimum atomic E-state index is 0.126. The van der Waals surface area contributed by atoms with Crippen LogP contribution in [0.3, 0.4) is 0 Å². The van der Waals surface area contributed by atoms with E-state index in [1.165, 1.54) is 30.4 Å². The molecule has 0 radical (unpaired) electrons. The van der Waals surface area contributed by atoms with E-state index < -0.39 is 0 Å². The van der Waals surface area contributed by atoms with Crippen molar-refractivity contribution in [2.45, 2.75) is 39.2 Å². The highest BCUT2D eigenvalue weighted by Crippen LogP contribution is 2.13. The van der Waals surface area contributed by atoms with Gasteiger partial charge in [-0.2, -0.15) is 0 Å². The lowest BCUT2D eigenvalue weighted by Crippen LogP contribution is -2.29. The third-order valence-electron chi connectivity index (χ3n) is 3.12. The summed E-state index contributed by atoms with van der Waals surface area (Å²) in [6, 6.07) is 8.63. The Balaban J connectivity index is 2.40. The Morgan fingerprint density at radius 3 is 2.71 bits per heavy atom. The summed E-state index contributed by atoms with van der Waals surface area (Å²) in [5.41, 5.74) is 8.75. The minimum Gasteiger partial charge on any atom is -0.323 e. The lowest BCUT2D eigenvalue weighted by Gasteiger charge is -2.21. The Hall–Kier alpha value is -0.860. The van der Waals surface area contributed by atoms with Crippen LogP contribution in [0.4, 0.5) is 0 Å². The maximum Gasteiger partial charge on any atom is 0.0424 e. The van der Waals surface area contributed by atoms with Crippen LogP contribution in [0, 0.1) is 6.92 Å². The fraction of sp³-hybridized carbons (Fsp3) is 0.600. The molecule has 0 aromatic heterocycles. The van der Waals surface area contributed by atoms with Gasteiger partial charge in [0.05, 0.1) is 0 Å². The van der Waals surface area contributed by atoms with Crippen LogP contribution in [0.2, 0.25) is 0 Å². The molecule has 1 aromatic carbocycles. The molecule has 0 bridgehead atoms. The summed E-state index contributed by atoms with van der Waals surface area (Å²) < 4.78 is 0. The zero-order chi connectivity index (χ0) is 12.7. The highest BCUT2D eigenvalue weighted by atomic mass is 15.1. The van der Waals surface area contributed by atoms with E-state index in [-0.39, 0.29) is 6.04 Å². The van der Waals surface area contributed by atoms with E-state index >= 15 is 0 Å². The Morgan fingerprint density at radius 1 is 1.29 bits per heavy atom. The van der Waals surface area contributed by atoms with Crippen LogP contribution in [-0.2, 0) is 0 Å². The van der Waals surface area contributed by atoms with Gasteiger partial charge in [-0.1, -0.05) is 49.6 Å². The first-order valence-electron chi connectivity index (χ1n) is 6.64. The molecule has 1 unspecified atom stereocenters. The third kappa shape index (κ3) is 5.33. The van der Waals surface area contributed by atoms with Crippen LogP contribution >= 0.6 is 0 Å².